The third-order valence-electron chi connectivity index (χ3n) is 7.03. The Morgan fingerprint density at radius 3 is 1.30 bits per heavy atom. The highest BCUT2D eigenvalue weighted by Gasteiger charge is 2.48. The summed E-state index contributed by atoms with van der Waals surface area (Å²) in [5, 5.41) is 33.4. The van der Waals surface area contributed by atoms with Crippen LogP contribution >= 0.6 is 0 Å². The summed E-state index contributed by atoms with van der Waals surface area (Å²) in [4.78, 5) is 32.9. The van der Waals surface area contributed by atoms with Crippen LogP contribution in [0.15, 0.2) is 25.3 Å². The third kappa shape index (κ3) is 14.9. The Morgan fingerprint density at radius 1 is 0.727 bits per heavy atom. The lowest BCUT2D eigenvalue weighted by Gasteiger charge is -2.53. The van der Waals surface area contributed by atoms with Crippen LogP contribution in [0.1, 0.15) is 109 Å². The smallest absolute Gasteiger partial charge is 0.330 e. The van der Waals surface area contributed by atoms with Crippen molar-refractivity contribution in [2.75, 3.05) is 20.3 Å². The molecule has 2 rings (SSSR count). The summed E-state index contributed by atoms with van der Waals surface area (Å²) in [5.41, 5.74) is -2.81. The van der Waals surface area contributed by atoms with Gasteiger partial charge < -0.3 is 24.8 Å². The van der Waals surface area contributed by atoms with Crippen LogP contribution in [0.3, 0.4) is 0 Å². The maximum Gasteiger partial charge on any atom is 0.330 e. The van der Waals surface area contributed by atoms with Gasteiger partial charge in [0, 0.05) is 47.1 Å². The van der Waals surface area contributed by atoms with Crippen molar-refractivity contribution < 1.29 is 44.1 Å². The lowest BCUT2D eigenvalue weighted by Crippen LogP contribution is -2.62. The SMILES string of the molecule is C=CC(=O)OC.C=CC(=O)OC1CC(C)(C)N(OCC(C)(C)O)C(C)(C)C1.CC(C)(O)CON1C(C)(C)CC(O)CC1(C)C. The van der Waals surface area contributed by atoms with E-state index >= 15 is 0 Å². The zero-order chi connectivity index (χ0) is 34.9. The molecule has 0 aliphatic carbocycles. The molecule has 0 spiro atoms. The topological polar surface area (TPSA) is 138 Å². The first kappa shape index (κ1) is 42.1. The first-order chi connectivity index (χ1) is 19.6. The van der Waals surface area contributed by atoms with Gasteiger partial charge in [0.2, 0.25) is 0 Å². The molecule has 258 valence electrons. The largest absolute Gasteiger partial charge is 0.466 e. The number of carbonyl (C=O) groups excluding carboxylic acids is 2. The number of hydrogen-bond acceptors (Lipinski definition) is 11. The molecule has 2 fully saturated rings. The highest BCUT2D eigenvalue weighted by atomic mass is 16.7. The van der Waals surface area contributed by atoms with Gasteiger partial charge in [0.25, 0.3) is 0 Å². The number of rotatable bonds is 9. The Balaban J connectivity index is 0.000000720. The van der Waals surface area contributed by atoms with Gasteiger partial charge >= 0.3 is 11.9 Å². The predicted molar refractivity (Wildman–Crippen MR) is 171 cm³/mol. The number of aliphatic hydroxyl groups excluding tert-OH is 1. The number of ether oxygens (including phenoxy) is 2. The fourth-order valence-corrected chi connectivity index (χ4v) is 5.91. The van der Waals surface area contributed by atoms with Crippen LogP contribution in [0.4, 0.5) is 0 Å². The zero-order valence-electron chi connectivity index (χ0n) is 29.7. The average molecular weight is 631 g/mol. The van der Waals surface area contributed by atoms with E-state index in [0.717, 1.165) is 6.08 Å². The van der Waals surface area contributed by atoms with Crippen molar-refractivity contribution in [3.05, 3.63) is 25.3 Å². The number of hydroxylamine groups is 4. The molecule has 0 bridgehead atoms. The number of nitrogens with zero attached hydrogens (tertiary/aromatic N) is 2. The van der Waals surface area contributed by atoms with Gasteiger partial charge in [0.15, 0.2) is 0 Å². The van der Waals surface area contributed by atoms with Crippen LogP contribution in [0.25, 0.3) is 0 Å². The Hall–Kier alpha value is -1.86. The molecule has 0 aromatic carbocycles. The fourth-order valence-electron chi connectivity index (χ4n) is 5.91. The van der Waals surface area contributed by atoms with E-state index in [1.807, 2.05) is 37.8 Å². The van der Waals surface area contributed by atoms with E-state index in [2.05, 4.69) is 45.6 Å². The van der Waals surface area contributed by atoms with Crippen molar-refractivity contribution in [2.45, 2.75) is 154 Å². The number of aliphatic hydroxyl groups is 3. The fraction of sp³-hybridized carbons (Fsp3) is 0.818. The molecule has 11 nitrogen and oxygen atoms in total. The van der Waals surface area contributed by atoms with Gasteiger partial charge in [-0.25, -0.2) is 9.59 Å². The van der Waals surface area contributed by atoms with Crippen LogP contribution in [0.5, 0.6) is 0 Å². The molecule has 2 heterocycles. The van der Waals surface area contributed by atoms with Crippen molar-refractivity contribution in [3.8, 4) is 0 Å². The second kappa shape index (κ2) is 16.1. The van der Waals surface area contributed by atoms with Crippen molar-refractivity contribution in [1.82, 2.24) is 10.1 Å². The maximum atomic E-state index is 11.4. The monoisotopic (exact) mass is 630 g/mol. The normalized spacial score (nSPS) is 21.9. The Labute approximate surface area is 266 Å². The predicted octanol–water partition coefficient (Wildman–Crippen LogP) is 4.49. The highest BCUT2D eigenvalue weighted by Crippen LogP contribution is 2.40. The summed E-state index contributed by atoms with van der Waals surface area (Å²) in [6.07, 6.45) is 4.55. The van der Waals surface area contributed by atoms with Crippen molar-refractivity contribution in [2.24, 2.45) is 0 Å². The molecular weight excluding hydrogens is 568 g/mol. The van der Waals surface area contributed by atoms with E-state index < -0.39 is 23.1 Å². The van der Waals surface area contributed by atoms with E-state index in [4.69, 9.17) is 14.4 Å². The molecule has 0 unspecified atom stereocenters. The molecule has 0 atom stereocenters. The van der Waals surface area contributed by atoms with Gasteiger partial charge in [-0.2, -0.15) is 10.1 Å². The lowest BCUT2D eigenvalue weighted by molar-refractivity contribution is -0.306. The highest BCUT2D eigenvalue weighted by molar-refractivity contribution is 5.81. The molecule has 44 heavy (non-hydrogen) atoms. The number of hydrogen-bond donors (Lipinski definition) is 3. The Kier molecular flexibility index (Phi) is 15.4. The molecule has 3 N–H and O–H groups in total. The first-order valence-electron chi connectivity index (χ1n) is 15.2. The summed E-state index contributed by atoms with van der Waals surface area (Å²) in [7, 11) is 1.31. The summed E-state index contributed by atoms with van der Waals surface area (Å²) in [6.45, 7) is 30.4. The van der Waals surface area contributed by atoms with Crippen molar-refractivity contribution in [1.29, 1.82) is 0 Å². The van der Waals surface area contributed by atoms with E-state index in [1.54, 1.807) is 27.7 Å². The van der Waals surface area contributed by atoms with E-state index in [1.165, 1.54) is 13.2 Å². The molecule has 2 aliphatic heterocycles. The van der Waals surface area contributed by atoms with Gasteiger partial charge in [0.1, 0.15) is 6.10 Å². The number of methoxy groups -OCH3 is 1. The molecular formula is C33H62N2O9. The number of carbonyl (C=O) groups is 2. The Morgan fingerprint density at radius 2 is 1.05 bits per heavy atom. The minimum absolute atomic E-state index is 0.164. The number of esters is 2. The van der Waals surface area contributed by atoms with Crippen LogP contribution in [0, 0.1) is 0 Å². The van der Waals surface area contributed by atoms with E-state index in [9.17, 15) is 24.9 Å². The van der Waals surface area contributed by atoms with Crippen molar-refractivity contribution in [3.63, 3.8) is 0 Å². The second-order valence-corrected chi connectivity index (χ2v) is 15.5. The summed E-state index contributed by atoms with van der Waals surface area (Å²) in [5.74, 6) is -0.785. The minimum atomic E-state index is -0.891. The summed E-state index contributed by atoms with van der Waals surface area (Å²) in [6, 6.07) is 0. The van der Waals surface area contributed by atoms with Crippen LogP contribution in [0.2, 0.25) is 0 Å². The quantitative estimate of drug-likeness (QED) is 0.245. The third-order valence-corrected chi connectivity index (χ3v) is 7.03. The molecule has 2 aliphatic rings. The van der Waals surface area contributed by atoms with Gasteiger partial charge in [-0.1, -0.05) is 13.2 Å². The molecule has 0 aromatic rings. The molecule has 0 radical (unpaired) electrons. The van der Waals surface area contributed by atoms with Crippen LogP contribution < -0.4 is 0 Å². The molecule has 11 heteroatoms. The van der Waals surface area contributed by atoms with Crippen molar-refractivity contribution >= 4 is 11.9 Å². The van der Waals surface area contributed by atoms with Gasteiger partial charge in [0.05, 0.1) is 37.6 Å². The second-order valence-electron chi connectivity index (χ2n) is 15.5. The summed E-state index contributed by atoms with van der Waals surface area (Å²) >= 11 is 0. The maximum absolute atomic E-state index is 11.4. The molecule has 0 saturated carbocycles. The molecule has 2 saturated heterocycles. The standard InChI is InChI=1S/C16H29NO4.C13H27NO3.C4H6O2/c1-8-13(18)21-12-9-14(2,3)17(15(4,5)10-12)20-11-16(6,7)19;1-11(2)7-10(15)8-12(3,4)14(11)17-9-13(5,6)16;1-3-4(5)6-2/h8,12,19H,1,9-11H2,2-7H3;10,15-16H,7-9H2,1-6H3;3H,1H2,2H3. The Bertz CT molecular complexity index is 910. The van der Waals surface area contributed by atoms with Crippen LogP contribution in [-0.2, 0) is 28.7 Å². The molecule has 0 aromatic heterocycles. The zero-order valence-corrected chi connectivity index (χ0v) is 29.7. The summed E-state index contributed by atoms with van der Waals surface area (Å²) < 4.78 is 9.56. The van der Waals surface area contributed by atoms with Crippen LogP contribution in [-0.4, -0.2) is 103 Å². The first-order valence-corrected chi connectivity index (χ1v) is 15.2. The van der Waals surface area contributed by atoms with E-state index in [0.29, 0.717) is 25.7 Å². The minimum Gasteiger partial charge on any atom is -0.466 e. The van der Waals surface area contributed by atoms with Gasteiger partial charge in [-0.3, -0.25) is 9.68 Å². The molecule has 0 amide bonds. The van der Waals surface area contributed by atoms with E-state index in [-0.39, 0.29) is 47.6 Å². The lowest BCUT2D eigenvalue weighted by atomic mass is 9.80. The average Bonchev–Trinajstić information content (AvgIpc) is 2.79. The van der Waals surface area contributed by atoms with Gasteiger partial charge in [-0.15, -0.1) is 0 Å². The van der Waals surface area contributed by atoms with Gasteiger partial charge in [-0.05, 0) is 95.9 Å². The number of piperidine rings is 2.